The Kier molecular flexibility index (Phi) is 5.68. The zero-order chi connectivity index (χ0) is 18.5. The first-order valence-electron chi connectivity index (χ1n) is 8.25. The second kappa shape index (κ2) is 8.14. The molecule has 0 aliphatic heterocycles. The lowest BCUT2D eigenvalue weighted by Crippen LogP contribution is -2.15. The fourth-order valence-corrected chi connectivity index (χ4v) is 2.98. The van der Waals surface area contributed by atoms with Crippen LogP contribution < -0.4 is 5.32 Å². The number of aromatic nitrogens is 3. The number of benzene rings is 2. The van der Waals surface area contributed by atoms with E-state index in [-0.39, 0.29) is 17.5 Å². The Morgan fingerprint density at radius 1 is 1.23 bits per heavy atom. The Bertz CT molecular complexity index is 908. The molecule has 0 aliphatic rings. The quantitative estimate of drug-likeness (QED) is 0.638. The number of nitrogens with one attached hydrogen (secondary N) is 2. The fraction of sp³-hybridized carbons (Fsp3) is 0.211. The molecule has 3 rings (SSSR count). The molecule has 0 radical (unpaired) electrons. The monoisotopic (exact) mass is 370 g/mol. The predicted octanol–water partition coefficient (Wildman–Crippen LogP) is 4.21. The number of thioether (sulfide) groups is 1. The molecule has 26 heavy (non-hydrogen) atoms. The van der Waals surface area contributed by atoms with Crippen LogP contribution in [0.15, 0.2) is 47.6 Å². The van der Waals surface area contributed by atoms with Gasteiger partial charge in [-0.3, -0.25) is 9.89 Å². The van der Waals surface area contributed by atoms with Crippen LogP contribution in [-0.2, 0) is 11.2 Å². The number of hydrogen-bond donors (Lipinski definition) is 2. The standard InChI is InChI=1S/C19H19FN4OS/c1-3-13-5-7-14(8-6-13)18-22-19(24-23-18)26-11-17(25)21-16-10-15(20)9-4-12(16)2/h4-10H,3,11H2,1-2H3,(H,21,25)(H,22,23,24). The summed E-state index contributed by atoms with van der Waals surface area (Å²) in [6, 6.07) is 12.4. The lowest BCUT2D eigenvalue weighted by Gasteiger charge is -2.07. The van der Waals surface area contributed by atoms with Crippen molar-refractivity contribution >= 4 is 23.4 Å². The Labute approximate surface area is 155 Å². The summed E-state index contributed by atoms with van der Waals surface area (Å²) in [5, 5.41) is 10.2. The zero-order valence-corrected chi connectivity index (χ0v) is 15.4. The van der Waals surface area contributed by atoms with Crippen LogP contribution in [0.4, 0.5) is 10.1 Å². The SMILES string of the molecule is CCc1ccc(-c2nc(SCC(=O)Nc3cc(F)ccc3C)n[nH]2)cc1. The van der Waals surface area contributed by atoms with Gasteiger partial charge in [-0.2, -0.15) is 0 Å². The number of H-pyrrole nitrogens is 1. The highest BCUT2D eigenvalue weighted by molar-refractivity contribution is 7.99. The fourth-order valence-electron chi connectivity index (χ4n) is 2.38. The van der Waals surface area contributed by atoms with E-state index < -0.39 is 0 Å². The number of hydrogen-bond acceptors (Lipinski definition) is 4. The van der Waals surface area contributed by atoms with Crippen molar-refractivity contribution in [3.05, 3.63) is 59.4 Å². The Balaban J connectivity index is 1.58. The molecule has 0 aliphatic carbocycles. The predicted molar refractivity (Wildman–Crippen MR) is 102 cm³/mol. The van der Waals surface area contributed by atoms with Gasteiger partial charge < -0.3 is 5.32 Å². The van der Waals surface area contributed by atoms with Gasteiger partial charge >= 0.3 is 0 Å². The molecule has 0 saturated carbocycles. The molecule has 0 unspecified atom stereocenters. The van der Waals surface area contributed by atoms with Crippen molar-refractivity contribution in [1.29, 1.82) is 0 Å². The first kappa shape index (κ1) is 18.1. The van der Waals surface area contributed by atoms with Gasteiger partial charge in [0.1, 0.15) is 5.82 Å². The first-order valence-corrected chi connectivity index (χ1v) is 9.24. The molecule has 1 heterocycles. The summed E-state index contributed by atoms with van der Waals surface area (Å²) in [5.74, 6) is 0.187. The van der Waals surface area contributed by atoms with E-state index >= 15 is 0 Å². The van der Waals surface area contributed by atoms with Crippen LogP contribution in [0, 0.1) is 12.7 Å². The number of nitrogens with zero attached hydrogens (tertiary/aromatic N) is 2. The summed E-state index contributed by atoms with van der Waals surface area (Å²) in [4.78, 5) is 16.5. The Morgan fingerprint density at radius 2 is 2.00 bits per heavy atom. The molecule has 0 spiro atoms. The van der Waals surface area contributed by atoms with E-state index in [0.29, 0.717) is 16.7 Å². The molecule has 0 atom stereocenters. The van der Waals surface area contributed by atoms with Gasteiger partial charge in [-0.1, -0.05) is 49.0 Å². The summed E-state index contributed by atoms with van der Waals surface area (Å²) < 4.78 is 13.3. The van der Waals surface area contributed by atoms with Gasteiger partial charge in [0.25, 0.3) is 0 Å². The number of carbonyl (C=O) groups excluding carboxylic acids is 1. The summed E-state index contributed by atoms with van der Waals surface area (Å²) in [7, 11) is 0. The third-order valence-electron chi connectivity index (χ3n) is 3.91. The maximum Gasteiger partial charge on any atom is 0.234 e. The third-order valence-corrected chi connectivity index (χ3v) is 4.75. The van der Waals surface area contributed by atoms with Crippen molar-refractivity contribution in [2.45, 2.75) is 25.4 Å². The van der Waals surface area contributed by atoms with E-state index in [4.69, 9.17) is 0 Å². The van der Waals surface area contributed by atoms with Crippen LogP contribution in [0.2, 0.25) is 0 Å². The molecule has 2 aromatic carbocycles. The molecule has 0 fully saturated rings. The average Bonchev–Trinajstić information content (AvgIpc) is 3.12. The van der Waals surface area contributed by atoms with Crippen molar-refractivity contribution in [2.24, 2.45) is 0 Å². The summed E-state index contributed by atoms with van der Waals surface area (Å²) in [6.45, 7) is 3.92. The van der Waals surface area contributed by atoms with Crippen molar-refractivity contribution in [1.82, 2.24) is 15.2 Å². The van der Waals surface area contributed by atoms with E-state index in [0.717, 1.165) is 17.5 Å². The lowest BCUT2D eigenvalue weighted by atomic mass is 10.1. The van der Waals surface area contributed by atoms with E-state index in [1.54, 1.807) is 6.07 Å². The van der Waals surface area contributed by atoms with Gasteiger partial charge in [-0.15, -0.1) is 5.10 Å². The Morgan fingerprint density at radius 3 is 2.73 bits per heavy atom. The number of aromatic amines is 1. The van der Waals surface area contributed by atoms with Crippen molar-refractivity contribution in [3.8, 4) is 11.4 Å². The van der Waals surface area contributed by atoms with E-state index in [2.05, 4.69) is 39.6 Å². The molecule has 3 aromatic rings. The lowest BCUT2D eigenvalue weighted by molar-refractivity contribution is -0.113. The van der Waals surface area contributed by atoms with Gasteiger partial charge in [-0.25, -0.2) is 9.37 Å². The molecule has 5 nitrogen and oxygen atoms in total. The highest BCUT2D eigenvalue weighted by Gasteiger charge is 2.10. The number of amides is 1. The van der Waals surface area contributed by atoms with Crippen LogP contribution in [0.5, 0.6) is 0 Å². The van der Waals surface area contributed by atoms with E-state index in [1.807, 2.05) is 19.1 Å². The maximum atomic E-state index is 13.3. The largest absolute Gasteiger partial charge is 0.325 e. The minimum Gasteiger partial charge on any atom is -0.325 e. The molecule has 0 bridgehead atoms. The normalized spacial score (nSPS) is 10.7. The third kappa shape index (κ3) is 4.49. The number of rotatable bonds is 6. The highest BCUT2D eigenvalue weighted by atomic mass is 32.2. The molecule has 0 saturated heterocycles. The molecule has 7 heteroatoms. The average molecular weight is 370 g/mol. The van der Waals surface area contributed by atoms with E-state index in [1.165, 1.54) is 29.5 Å². The first-order chi connectivity index (χ1) is 12.5. The molecular weight excluding hydrogens is 351 g/mol. The highest BCUT2D eigenvalue weighted by Crippen LogP contribution is 2.21. The summed E-state index contributed by atoms with van der Waals surface area (Å²) in [6.07, 6.45) is 0.984. The van der Waals surface area contributed by atoms with Crippen LogP contribution in [-0.4, -0.2) is 26.8 Å². The smallest absolute Gasteiger partial charge is 0.234 e. The van der Waals surface area contributed by atoms with Crippen molar-refractivity contribution < 1.29 is 9.18 Å². The molecule has 134 valence electrons. The molecule has 1 amide bonds. The summed E-state index contributed by atoms with van der Waals surface area (Å²) >= 11 is 1.22. The van der Waals surface area contributed by atoms with Crippen LogP contribution in [0.25, 0.3) is 11.4 Å². The second-order valence-electron chi connectivity index (χ2n) is 5.81. The van der Waals surface area contributed by atoms with Crippen LogP contribution >= 0.6 is 11.8 Å². The van der Waals surface area contributed by atoms with Crippen LogP contribution in [0.1, 0.15) is 18.1 Å². The van der Waals surface area contributed by atoms with E-state index in [9.17, 15) is 9.18 Å². The van der Waals surface area contributed by atoms with Gasteiger partial charge in [0.15, 0.2) is 5.82 Å². The number of aryl methyl sites for hydroxylation is 2. The van der Waals surface area contributed by atoms with Crippen molar-refractivity contribution in [3.63, 3.8) is 0 Å². The van der Waals surface area contributed by atoms with Crippen LogP contribution in [0.3, 0.4) is 0 Å². The Hall–Kier alpha value is -2.67. The van der Waals surface area contributed by atoms with Gasteiger partial charge in [0, 0.05) is 11.3 Å². The minimum atomic E-state index is -0.383. The van der Waals surface area contributed by atoms with Gasteiger partial charge in [0.2, 0.25) is 11.1 Å². The minimum absolute atomic E-state index is 0.141. The maximum absolute atomic E-state index is 13.3. The number of carbonyl (C=O) groups is 1. The summed E-state index contributed by atoms with van der Waals surface area (Å²) in [5.41, 5.74) is 3.48. The van der Waals surface area contributed by atoms with Gasteiger partial charge in [0.05, 0.1) is 5.75 Å². The number of halogens is 1. The zero-order valence-electron chi connectivity index (χ0n) is 14.5. The second-order valence-corrected chi connectivity index (χ2v) is 6.76. The molecule has 1 aromatic heterocycles. The molecular formula is C19H19FN4OS. The molecule has 2 N–H and O–H groups in total. The van der Waals surface area contributed by atoms with Gasteiger partial charge in [-0.05, 0) is 36.6 Å². The topological polar surface area (TPSA) is 70.7 Å². The van der Waals surface area contributed by atoms with Crippen molar-refractivity contribution in [2.75, 3.05) is 11.1 Å². The number of anilines is 1.